The number of ether oxygens (including phenoxy) is 2. The van der Waals surface area contributed by atoms with Crippen LogP contribution in [-0.2, 0) is 16.6 Å². The molecule has 2 N–H and O–H groups in total. The van der Waals surface area contributed by atoms with Crippen LogP contribution < -0.4 is 10.1 Å². The van der Waals surface area contributed by atoms with Crippen molar-refractivity contribution in [2.75, 3.05) is 6.54 Å². The van der Waals surface area contributed by atoms with E-state index in [-0.39, 0.29) is 11.3 Å². The van der Waals surface area contributed by atoms with Crippen LogP contribution in [0, 0.1) is 11.8 Å². The van der Waals surface area contributed by atoms with E-state index in [0.717, 1.165) is 25.1 Å². The largest absolute Gasteiger partial charge is 0.508 e. The molecule has 1 aromatic rings. The Kier molecular flexibility index (Phi) is 5.06. The van der Waals surface area contributed by atoms with Gasteiger partial charge in [0.15, 0.2) is 0 Å². The molecule has 2 fully saturated rings. The molecule has 0 aromatic heterocycles. The fraction of sp³-hybridized carbons (Fsp3) is 0.682. The molecule has 1 saturated carbocycles. The molecule has 5 atom stereocenters. The first kappa shape index (κ1) is 18.6. The van der Waals surface area contributed by atoms with Gasteiger partial charge in [-0.2, -0.15) is 0 Å². The Hall–Kier alpha value is -1.75. The van der Waals surface area contributed by atoms with E-state index in [0.29, 0.717) is 12.0 Å². The monoisotopic (exact) mass is 373 g/mol. The number of hydrogen-bond acceptors (Lipinski definition) is 4. The van der Waals surface area contributed by atoms with E-state index in [2.05, 4.69) is 17.4 Å². The maximum atomic E-state index is 11.1. The van der Waals surface area contributed by atoms with Gasteiger partial charge in [0.2, 0.25) is 6.29 Å². The number of piperidine rings is 1. The van der Waals surface area contributed by atoms with E-state index in [1.807, 2.05) is 19.9 Å². The number of hydrogen-bond donors (Lipinski definition) is 2. The lowest BCUT2D eigenvalue weighted by Crippen LogP contribution is -2.59. The molecule has 5 heteroatoms. The number of nitrogens with one attached hydrogen (secondary N) is 1. The lowest BCUT2D eigenvalue weighted by atomic mass is 9.53. The van der Waals surface area contributed by atoms with Crippen molar-refractivity contribution in [3.05, 3.63) is 29.3 Å². The molecule has 148 valence electrons. The third kappa shape index (κ3) is 3.31. The van der Waals surface area contributed by atoms with Crippen molar-refractivity contribution in [3.8, 4) is 5.75 Å². The molecule has 1 aliphatic heterocycles. The average molecular weight is 373 g/mol. The molecule has 2 unspecified atom stereocenters. The summed E-state index contributed by atoms with van der Waals surface area (Å²) in [5.41, 5.74) is 3.14. The van der Waals surface area contributed by atoms with Gasteiger partial charge in [0.1, 0.15) is 5.75 Å². The molecule has 3 aliphatic rings. The van der Waals surface area contributed by atoms with Crippen LogP contribution in [0.25, 0.3) is 0 Å². The fourth-order valence-corrected chi connectivity index (χ4v) is 5.66. The van der Waals surface area contributed by atoms with Crippen molar-refractivity contribution in [2.24, 2.45) is 11.8 Å². The van der Waals surface area contributed by atoms with Crippen LogP contribution in [0.3, 0.4) is 0 Å². The number of rotatable bonds is 5. The fourth-order valence-electron chi connectivity index (χ4n) is 5.66. The summed E-state index contributed by atoms with van der Waals surface area (Å²) < 4.78 is 11.1. The summed E-state index contributed by atoms with van der Waals surface area (Å²) in [7, 11) is 0. The summed E-state index contributed by atoms with van der Waals surface area (Å²) in [6.07, 6.45) is 6.20. The molecule has 0 radical (unpaired) electrons. The zero-order valence-corrected chi connectivity index (χ0v) is 16.4. The molecule has 4 rings (SSSR count). The molecule has 0 amide bonds. The summed E-state index contributed by atoms with van der Waals surface area (Å²) >= 11 is 0. The zero-order chi connectivity index (χ0) is 19.0. The zero-order valence-electron chi connectivity index (χ0n) is 16.4. The molecule has 0 spiro atoms. The molecule has 2 bridgehead atoms. The molecule has 1 aromatic carbocycles. The first-order valence-electron chi connectivity index (χ1n) is 10.5. The normalized spacial score (nSPS) is 31.2. The summed E-state index contributed by atoms with van der Waals surface area (Å²) in [6, 6.07) is 6.96. The van der Waals surface area contributed by atoms with Gasteiger partial charge in [-0.15, -0.1) is 0 Å². The molecular formula is C22H31NO4. The standard InChI is InChI=1S/C22H31NO4/c1-3-14(2)20(27-21(24)25)26-16-8-7-15-12-19-17-6-4-5-9-22(17,10-11-23-19)18(15)13-16/h7-8,13-14,17,19-20,23H,3-6,9-12H2,1-2H3,(H,24,25)/t14?,17-,19+,20?,22+/m0/s1. The summed E-state index contributed by atoms with van der Waals surface area (Å²) in [5, 5.41) is 12.8. The van der Waals surface area contributed by atoms with E-state index in [9.17, 15) is 4.79 Å². The number of carbonyl (C=O) groups is 1. The lowest BCUT2D eigenvalue weighted by Gasteiger charge is -2.56. The van der Waals surface area contributed by atoms with Crippen LogP contribution in [0.1, 0.15) is 63.5 Å². The quantitative estimate of drug-likeness (QED) is 0.588. The second-order valence-electron chi connectivity index (χ2n) is 8.60. The van der Waals surface area contributed by atoms with Gasteiger partial charge < -0.3 is 19.9 Å². The molecule has 1 heterocycles. The van der Waals surface area contributed by atoms with E-state index in [4.69, 9.17) is 14.6 Å². The number of benzene rings is 1. The Labute approximate surface area is 161 Å². The van der Waals surface area contributed by atoms with Gasteiger partial charge in [-0.3, -0.25) is 0 Å². The highest BCUT2D eigenvalue weighted by Gasteiger charge is 2.51. The summed E-state index contributed by atoms with van der Waals surface area (Å²) in [5.74, 6) is 1.44. The van der Waals surface area contributed by atoms with Crippen LogP contribution in [0.4, 0.5) is 4.79 Å². The second kappa shape index (κ2) is 7.34. The van der Waals surface area contributed by atoms with Gasteiger partial charge in [-0.05, 0) is 67.8 Å². The third-order valence-electron chi connectivity index (χ3n) is 7.20. The van der Waals surface area contributed by atoms with E-state index >= 15 is 0 Å². The highest BCUT2D eigenvalue weighted by molar-refractivity contribution is 5.57. The van der Waals surface area contributed by atoms with Gasteiger partial charge in [0.25, 0.3) is 0 Å². The predicted octanol–water partition coefficient (Wildman–Crippen LogP) is 4.48. The third-order valence-corrected chi connectivity index (χ3v) is 7.20. The van der Waals surface area contributed by atoms with E-state index < -0.39 is 12.4 Å². The molecule has 5 nitrogen and oxygen atoms in total. The Morgan fingerprint density at radius 2 is 2.22 bits per heavy atom. The smallest absolute Gasteiger partial charge is 0.454 e. The van der Waals surface area contributed by atoms with Crippen LogP contribution >= 0.6 is 0 Å². The first-order chi connectivity index (χ1) is 13.0. The van der Waals surface area contributed by atoms with Crippen molar-refractivity contribution >= 4 is 6.16 Å². The summed E-state index contributed by atoms with van der Waals surface area (Å²) in [6.45, 7) is 5.06. The highest BCUT2D eigenvalue weighted by Crippen LogP contribution is 2.54. The maximum Gasteiger partial charge on any atom is 0.508 e. The minimum absolute atomic E-state index is 0.000913. The Morgan fingerprint density at radius 3 is 3.00 bits per heavy atom. The molecule has 27 heavy (non-hydrogen) atoms. The van der Waals surface area contributed by atoms with E-state index in [1.54, 1.807) is 0 Å². The van der Waals surface area contributed by atoms with Crippen LogP contribution in [0.2, 0.25) is 0 Å². The molecular weight excluding hydrogens is 342 g/mol. The van der Waals surface area contributed by atoms with Crippen LogP contribution in [0.15, 0.2) is 18.2 Å². The predicted molar refractivity (Wildman–Crippen MR) is 103 cm³/mol. The minimum Gasteiger partial charge on any atom is -0.454 e. The van der Waals surface area contributed by atoms with Gasteiger partial charge in [-0.25, -0.2) is 4.79 Å². The highest BCUT2D eigenvalue weighted by atomic mass is 16.8. The van der Waals surface area contributed by atoms with Crippen molar-refractivity contribution in [1.29, 1.82) is 0 Å². The van der Waals surface area contributed by atoms with Crippen molar-refractivity contribution in [3.63, 3.8) is 0 Å². The van der Waals surface area contributed by atoms with Crippen LogP contribution in [0.5, 0.6) is 5.75 Å². The van der Waals surface area contributed by atoms with Gasteiger partial charge in [0, 0.05) is 17.4 Å². The van der Waals surface area contributed by atoms with Gasteiger partial charge in [-0.1, -0.05) is 32.8 Å². The van der Waals surface area contributed by atoms with E-state index in [1.165, 1.54) is 43.2 Å². The Bertz CT molecular complexity index is 702. The Balaban J connectivity index is 1.66. The van der Waals surface area contributed by atoms with Crippen molar-refractivity contribution in [1.82, 2.24) is 5.32 Å². The number of carboxylic acid groups (broad SMARTS) is 1. The average Bonchev–Trinajstić information content (AvgIpc) is 2.67. The maximum absolute atomic E-state index is 11.1. The van der Waals surface area contributed by atoms with Crippen LogP contribution in [-0.4, -0.2) is 30.1 Å². The molecule has 1 saturated heterocycles. The Morgan fingerprint density at radius 1 is 1.37 bits per heavy atom. The second-order valence-corrected chi connectivity index (χ2v) is 8.60. The lowest BCUT2D eigenvalue weighted by molar-refractivity contribution is -0.0842. The summed E-state index contributed by atoms with van der Waals surface area (Å²) in [4.78, 5) is 11.1. The van der Waals surface area contributed by atoms with Crippen molar-refractivity contribution in [2.45, 2.75) is 76.5 Å². The first-order valence-corrected chi connectivity index (χ1v) is 10.5. The number of fused-ring (bicyclic) bond motifs is 1. The van der Waals surface area contributed by atoms with Gasteiger partial charge >= 0.3 is 6.16 Å². The SMILES string of the molecule is CCC(C)C(OC(=O)O)Oc1ccc2c(c1)[C@@]13CCCC[C@H]1[C@@H](C2)NCC3. The topological polar surface area (TPSA) is 67.8 Å². The van der Waals surface area contributed by atoms with Gasteiger partial charge in [0.05, 0.1) is 0 Å². The molecule has 2 aliphatic carbocycles. The minimum atomic E-state index is -1.29. The van der Waals surface area contributed by atoms with Crippen molar-refractivity contribution < 1.29 is 19.4 Å².